The van der Waals surface area contributed by atoms with Gasteiger partial charge in [-0.3, -0.25) is 19.5 Å². The van der Waals surface area contributed by atoms with E-state index in [2.05, 4.69) is 25.6 Å². The Balaban J connectivity index is 1.47. The molecule has 2 fully saturated rings. The van der Waals surface area contributed by atoms with Gasteiger partial charge in [0.05, 0.1) is 12.4 Å². The van der Waals surface area contributed by atoms with Crippen molar-refractivity contribution in [3.05, 3.63) is 6.33 Å². The fraction of sp³-hybridized carbons (Fsp3) is 0.682. The lowest BCUT2D eigenvalue weighted by molar-refractivity contribution is -0.150. The zero-order valence-electron chi connectivity index (χ0n) is 19.3. The van der Waals surface area contributed by atoms with Crippen molar-refractivity contribution in [2.75, 3.05) is 24.3 Å². The normalized spacial score (nSPS) is 25.8. The molecular weight excluding hydrogens is 431 g/mol. The summed E-state index contributed by atoms with van der Waals surface area (Å²) in [6.07, 6.45) is 5.98. The number of imidazole rings is 1. The largest absolute Gasteiger partial charge is 0.463 e. The lowest BCUT2D eigenvalue weighted by atomic mass is 9.87. The van der Waals surface area contributed by atoms with E-state index in [0.717, 1.165) is 25.7 Å². The summed E-state index contributed by atoms with van der Waals surface area (Å²) in [5, 5.41) is 5.45. The van der Waals surface area contributed by atoms with Crippen LogP contribution in [-0.4, -0.2) is 56.8 Å². The van der Waals surface area contributed by atoms with E-state index in [-0.39, 0.29) is 30.9 Å². The molecule has 1 amide bonds. The summed E-state index contributed by atoms with van der Waals surface area (Å²) < 4.78 is 28.5. The van der Waals surface area contributed by atoms with Gasteiger partial charge in [-0.15, -0.1) is 0 Å². The number of nitrogens with zero attached hydrogens (tertiary/aromatic N) is 4. The van der Waals surface area contributed by atoms with Gasteiger partial charge in [-0.25, -0.2) is 9.37 Å². The number of hydrogen-bond donors (Lipinski definition) is 2. The number of esters is 1. The van der Waals surface area contributed by atoms with E-state index in [0.29, 0.717) is 29.3 Å². The number of aromatic nitrogens is 4. The van der Waals surface area contributed by atoms with Gasteiger partial charge in [0.2, 0.25) is 11.9 Å². The van der Waals surface area contributed by atoms with E-state index in [1.807, 2.05) is 0 Å². The highest BCUT2D eigenvalue weighted by Gasteiger charge is 2.48. The average molecular weight is 463 g/mol. The molecule has 2 aliphatic rings. The van der Waals surface area contributed by atoms with Crippen molar-refractivity contribution in [1.82, 2.24) is 19.5 Å². The molecule has 3 atom stereocenters. The number of hydrogen-bond acceptors (Lipinski definition) is 8. The molecular formula is C22H31FN6O4. The van der Waals surface area contributed by atoms with Crippen molar-refractivity contribution in [2.24, 2.45) is 5.92 Å². The van der Waals surface area contributed by atoms with Crippen molar-refractivity contribution >= 4 is 34.8 Å². The van der Waals surface area contributed by atoms with Gasteiger partial charge in [0.15, 0.2) is 28.9 Å². The van der Waals surface area contributed by atoms with Gasteiger partial charge in [0, 0.05) is 26.8 Å². The number of nitrogens with one attached hydrogen (secondary N) is 2. The Morgan fingerprint density at radius 3 is 2.76 bits per heavy atom. The maximum absolute atomic E-state index is 15.6. The van der Waals surface area contributed by atoms with Crippen LogP contribution in [0.4, 0.5) is 16.2 Å². The summed E-state index contributed by atoms with van der Waals surface area (Å²) in [6.45, 7) is 2.80. The Bertz CT molecular complexity index is 1020. The highest BCUT2D eigenvalue weighted by atomic mass is 19.1. The minimum atomic E-state index is -1.74. The van der Waals surface area contributed by atoms with E-state index < -0.39 is 18.0 Å². The lowest BCUT2D eigenvalue weighted by Gasteiger charge is -2.22. The maximum atomic E-state index is 15.6. The Kier molecular flexibility index (Phi) is 6.78. The van der Waals surface area contributed by atoms with Crippen LogP contribution in [0.2, 0.25) is 0 Å². The van der Waals surface area contributed by atoms with E-state index >= 15 is 4.39 Å². The molecule has 10 nitrogen and oxygen atoms in total. The first-order chi connectivity index (χ1) is 15.8. The number of carbonyl (C=O) groups excluding carboxylic acids is 2. The molecule has 180 valence electrons. The van der Waals surface area contributed by atoms with Crippen LogP contribution in [-0.2, 0) is 19.1 Å². The van der Waals surface area contributed by atoms with Crippen LogP contribution in [0.25, 0.3) is 11.2 Å². The SMILES string of the molecule is CNc1nc(NC(C)=O)nc2c1ncn2[C@@H]1O[C@H](COC(=O)CC2CCCCC2)C[C@@]1(C)F. The second-order valence-corrected chi connectivity index (χ2v) is 9.13. The van der Waals surface area contributed by atoms with Crippen molar-refractivity contribution in [3.8, 4) is 0 Å². The minimum absolute atomic E-state index is 0.00207. The van der Waals surface area contributed by atoms with Crippen LogP contribution in [0, 0.1) is 5.92 Å². The number of ether oxygens (including phenoxy) is 2. The van der Waals surface area contributed by atoms with Gasteiger partial charge >= 0.3 is 5.97 Å². The zero-order valence-corrected chi connectivity index (χ0v) is 19.3. The first-order valence-electron chi connectivity index (χ1n) is 11.5. The van der Waals surface area contributed by atoms with Gasteiger partial charge in [-0.2, -0.15) is 9.97 Å². The molecule has 2 aromatic heterocycles. The lowest BCUT2D eigenvalue weighted by Crippen LogP contribution is -2.27. The monoisotopic (exact) mass is 462 g/mol. The molecule has 4 rings (SSSR count). The number of alkyl halides is 1. The molecule has 2 N–H and O–H groups in total. The first-order valence-corrected chi connectivity index (χ1v) is 11.5. The van der Waals surface area contributed by atoms with Gasteiger partial charge in [-0.1, -0.05) is 19.3 Å². The van der Waals surface area contributed by atoms with Crippen LogP contribution in [0.1, 0.15) is 65.0 Å². The van der Waals surface area contributed by atoms with Gasteiger partial charge < -0.3 is 14.8 Å². The average Bonchev–Trinajstić information content (AvgIpc) is 3.31. The fourth-order valence-corrected chi connectivity index (χ4v) is 4.72. The molecule has 11 heteroatoms. The molecule has 0 unspecified atom stereocenters. The summed E-state index contributed by atoms with van der Waals surface area (Å²) in [5.41, 5.74) is -0.997. The van der Waals surface area contributed by atoms with E-state index in [1.165, 1.54) is 31.2 Å². The molecule has 1 saturated carbocycles. The van der Waals surface area contributed by atoms with Gasteiger partial charge in [0.25, 0.3) is 0 Å². The quantitative estimate of drug-likeness (QED) is 0.601. The highest BCUT2D eigenvalue weighted by molar-refractivity contribution is 5.90. The molecule has 1 aliphatic heterocycles. The minimum Gasteiger partial charge on any atom is -0.463 e. The molecule has 1 aliphatic carbocycles. The molecule has 33 heavy (non-hydrogen) atoms. The smallest absolute Gasteiger partial charge is 0.306 e. The molecule has 1 saturated heterocycles. The van der Waals surface area contributed by atoms with Crippen LogP contribution < -0.4 is 10.6 Å². The zero-order chi connectivity index (χ0) is 23.6. The Morgan fingerprint density at radius 2 is 2.06 bits per heavy atom. The summed E-state index contributed by atoms with van der Waals surface area (Å²) in [6, 6.07) is 0. The van der Waals surface area contributed by atoms with Crippen LogP contribution >= 0.6 is 0 Å². The Morgan fingerprint density at radius 1 is 1.30 bits per heavy atom. The first kappa shape index (κ1) is 23.3. The molecule has 0 spiro atoms. The Labute approximate surface area is 191 Å². The van der Waals surface area contributed by atoms with E-state index in [1.54, 1.807) is 7.05 Å². The number of carbonyl (C=O) groups is 2. The second kappa shape index (κ2) is 9.58. The third-order valence-electron chi connectivity index (χ3n) is 6.27. The van der Waals surface area contributed by atoms with E-state index in [4.69, 9.17) is 9.47 Å². The Hall–Kier alpha value is -2.82. The predicted octanol–water partition coefficient (Wildman–Crippen LogP) is 3.36. The molecule has 0 aromatic carbocycles. The van der Waals surface area contributed by atoms with Crippen molar-refractivity contribution in [2.45, 2.75) is 76.8 Å². The summed E-state index contributed by atoms with van der Waals surface area (Å²) >= 11 is 0. The third-order valence-corrected chi connectivity index (χ3v) is 6.27. The standard InChI is InChI=1S/C22H31FN6O4/c1-13(30)26-21-27-18(24-3)17-19(28-21)29(12-25-17)20-22(2,23)10-15(33-20)11-32-16(31)9-14-7-5-4-6-8-14/h12,14-15,20H,4-11H2,1-3H3,(H2,24,26,27,28,30)/t15-,20+,22+/m0/s1. The van der Waals surface area contributed by atoms with Gasteiger partial charge in [-0.05, 0) is 25.7 Å². The van der Waals surface area contributed by atoms with Crippen molar-refractivity contribution in [3.63, 3.8) is 0 Å². The summed E-state index contributed by atoms with van der Waals surface area (Å²) in [4.78, 5) is 36.6. The number of rotatable bonds is 7. The molecule has 0 bridgehead atoms. The topological polar surface area (TPSA) is 120 Å². The van der Waals surface area contributed by atoms with Crippen LogP contribution in [0.5, 0.6) is 0 Å². The second-order valence-electron chi connectivity index (χ2n) is 9.13. The molecule has 2 aromatic rings. The maximum Gasteiger partial charge on any atom is 0.306 e. The van der Waals surface area contributed by atoms with Crippen molar-refractivity contribution < 1.29 is 23.5 Å². The van der Waals surface area contributed by atoms with Crippen molar-refractivity contribution in [1.29, 1.82) is 0 Å². The summed E-state index contributed by atoms with van der Waals surface area (Å²) in [7, 11) is 1.67. The third kappa shape index (κ3) is 5.23. The van der Waals surface area contributed by atoms with Gasteiger partial charge in [0.1, 0.15) is 6.61 Å². The number of fused-ring (bicyclic) bond motifs is 1. The predicted molar refractivity (Wildman–Crippen MR) is 119 cm³/mol. The van der Waals surface area contributed by atoms with Crippen LogP contribution in [0.3, 0.4) is 0 Å². The number of halogens is 1. The van der Waals surface area contributed by atoms with Crippen LogP contribution in [0.15, 0.2) is 6.33 Å². The fourth-order valence-electron chi connectivity index (χ4n) is 4.72. The molecule has 0 radical (unpaired) electrons. The van der Waals surface area contributed by atoms with E-state index in [9.17, 15) is 9.59 Å². The summed E-state index contributed by atoms with van der Waals surface area (Å²) in [5.74, 6) is 0.271. The number of amides is 1. The number of anilines is 2. The highest BCUT2D eigenvalue weighted by Crippen LogP contribution is 2.42. The molecule has 3 heterocycles.